The Kier molecular flexibility index (Phi) is 1.54. The zero-order valence-electron chi connectivity index (χ0n) is 6.97. The molecule has 0 saturated carbocycles. The summed E-state index contributed by atoms with van der Waals surface area (Å²) in [5, 5.41) is 8.34. The normalized spacial score (nSPS) is 14.4. The van der Waals surface area contributed by atoms with Crippen LogP contribution in [0.25, 0.3) is 0 Å². The number of hydrazone groups is 1. The number of hydrogen-bond donors (Lipinski definition) is 3. The van der Waals surface area contributed by atoms with Crippen molar-refractivity contribution in [2.75, 3.05) is 5.43 Å². The van der Waals surface area contributed by atoms with Crippen molar-refractivity contribution in [2.24, 2.45) is 5.10 Å². The zero-order valence-corrected chi connectivity index (χ0v) is 6.97. The molecule has 0 radical (unpaired) electrons. The highest BCUT2D eigenvalue weighted by Crippen LogP contribution is 2.10. The van der Waals surface area contributed by atoms with Crippen LogP contribution in [0.3, 0.4) is 0 Å². The summed E-state index contributed by atoms with van der Waals surface area (Å²) in [7, 11) is 0. The number of H-pyrrole nitrogens is 2. The molecule has 0 saturated heterocycles. The van der Waals surface area contributed by atoms with E-state index in [4.69, 9.17) is 0 Å². The van der Waals surface area contributed by atoms with Gasteiger partial charge in [-0.25, -0.2) is 0 Å². The van der Waals surface area contributed by atoms with Crippen molar-refractivity contribution in [3.8, 4) is 0 Å². The molecule has 0 amide bonds. The minimum atomic E-state index is -0.356. The molecule has 13 heavy (non-hydrogen) atoms. The molecule has 2 rings (SSSR count). The maximum absolute atomic E-state index is 11.2. The molecule has 3 N–H and O–H groups in total. The van der Waals surface area contributed by atoms with Gasteiger partial charge >= 0.3 is 0 Å². The summed E-state index contributed by atoms with van der Waals surface area (Å²) < 4.78 is 0. The van der Waals surface area contributed by atoms with Crippen LogP contribution in [0.1, 0.15) is 12.5 Å². The number of rotatable bonds is 0. The fourth-order valence-corrected chi connectivity index (χ4v) is 1.24. The maximum atomic E-state index is 11.2. The van der Waals surface area contributed by atoms with E-state index < -0.39 is 0 Å². The highest BCUT2D eigenvalue weighted by atomic mass is 16.1. The van der Waals surface area contributed by atoms with E-state index in [1.165, 1.54) is 0 Å². The van der Waals surface area contributed by atoms with E-state index in [9.17, 15) is 9.59 Å². The van der Waals surface area contributed by atoms with Crippen LogP contribution in [-0.4, -0.2) is 15.9 Å². The predicted molar refractivity (Wildman–Crippen MR) is 48.1 cm³/mol. The summed E-state index contributed by atoms with van der Waals surface area (Å²) in [6.07, 6.45) is 0.418. The lowest BCUT2D eigenvalue weighted by atomic mass is 10.1. The van der Waals surface area contributed by atoms with Gasteiger partial charge in [0, 0.05) is 12.1 Å². The van der Waals surface area contributed by atoms with E-state index in [0.29, 0.717) is 12.0 Å². The molecule has 1 aromatic rings. The molecule has 2 heterocycles. The Morgan fingerprint density at radius 2 is 1.92 bits per heavy atom. The average Bonchev–Trinajstić information content (AvgIpc) is 2.12. The number of aromatic amines is 2. The monoisotopic (exact) mass is 180 g/mol. The van der Waals surface area contributed by atoms with Crippen LogP contribution in [0.2, 0.25) is 0 Å². The lowest BCUT2D eigenvalue weighted by molar-refractivity contribution is 0.916. The number of anilines is 1. The van der Waals surface area contributed by atoms with E-state index in [1.54, 1.807) is 6.92 Å². The summed E-state index contributed by atoms with van der Waals surface area (Å²) in [6.45, 7) is 1.79. The first kappa shape index (κ1) is 7.78. The number of nitrogens with one attached hydrogen (secondary N) is 3. The zero-order chi connectivity index (χ0) is 9.42. The Morgan fingerprint density at radius 3 is 2.69 bits per heavy atom. The van der Waals surface area contributed by atoms with Crippen LogP contribution in [0.5, 0.6) is 0 Å². The van der Waals surface area contributed by atoms with Crippen molar-refractivity contribution in [2.45, 2.75) is 13.3 Å². The van der Waals surface area contributed by atoms with Crippen LogP contribution in [0.15, 0.2) is 14.7 Å². The molecule has 1 aliphatic rings. The highest BCUT2D eigenvalue weighted by molar-refractivity contribution is 5.87. The Hall–Kier alpha value is -1.85. The van der Waals surface area contributed by atoms with Crippen LogP contribution in [0.4, 0.5) is 5.69 Å². The van der Waals surface area contributed by atoms with Crippen molar-refractivity contribution in [1.82, 2.24) is 10.2 Å². The molecule has 1 aromatic heterocycles. The molecule has 0 bridgehead atoms. The van der Waals surface area contributed by atoms with Crippen molar-refractivity contribution in [3.05, 3.63) is 26.3 Å². The van der Waals surface area contributed by atoms with Crippen molar-refractivity contribution >= 4 is 11.4 Å². The molecule has 0 unspecified atom stereocenters. The summed E-state index contributed by atoms with van der Waals surface area (Å²) in [6, 6.07) is 0. The average molecular weight is 180 g/mol. The molecular weight excluding hydrogens is 172 g/mol. The molecule has 68 valence electrons. The number of aromatic nitrogens is 2. The first-order valence-corrected chi connectivity index (χ1v) is 3.81. The van der Waals surface area contributed by atoms with Gasteiger partial charge in [-0.3, -0.25) is 25.2 Å². The van der Waals surface area contributed by atoms with E-state index in [2.05, 4.69) is 20.7 Å². The molecule has 0 aromatic carbocycles. The maximum Gasteiger partial charge on any atom is 0.288 e. The van der Waals surface area contributed by atoms with Crippen molar-refractivity contribution in [1.29, 1.82) is 0 Å². The van der Waals surface area contributed by atoms with Gasteiger partial charge in [0.2, 0.25) is 0 Å². The summed E-state index contributed by atoms with van der Waals surface area (Å²) in [4.78, 5) is 22.4. The number of nitrogens with zero attached hydrogens (tertiary/aromatic N) is 1. The SMILES string of the molecule is CC1=NNc2c(c(=O)[nH][nH]c2=O)C1. The lowest BCUT2D eigenvalue weighted by Crippen LogP contribution is -2.30. The molecule has 6 heteroatoms. The van der Waals surface area contributed by atoms with Gasteiger partial charge in [0.1, 0.15) is 5.69 Å². The van der Waals surface area contributed by atoms with E-state index in [1.807, 2.05) is 0 Å². The predicted octanol–water partition coefficient (Wildman–Crippen LogP) is -0.593. The third kappa shape index (κ3) is 1.16. The van der Waals surface area contributed by atoms with Gasteiger partial charge < -0.3 is 0 Å². The fourth-order valence-electron chi connectivity index (χ4n) is 1.24. The molecule has 0 atom stereocenters. The third-order valence-corrected chi connectivity index (χ3v) is 1.88. The van der Waals surface area contributed by atoms with Crippen LogP contribution >= 0.6 is 0 Å². The second-order valence-electron chi connectivity index (χ2n) is 2.90. The standard InChI is InChI=1S/C7H8N4O2/c1-3-2-4-5(9-8-3)7(13)11-10-6(4)12/h9H,2H2,1H3,(H,10,12)(H,11,13). The van der Waals surface area contributed by atoms with E-state index in [-0.39, 0.29) is 16.8 Å². The molecular formula is C7H8N4O2. The van der Waals surface area contributed by atoms with Gasteiger partial charge in [0.25, 0.3) is 11.1 Å². The second kappa shape index (κ2) is 2.58. The first-order chi connectivity index (χ1) is 6.18. The third-order valence-electron chi connectivity index (χ3n) is 1.88. The Bertz CT molecular complexity index is 482. The van der Waals surface area contributed by atoms with Crippen LogP contribution < -0.4 is 16.5 Å². The van der Waals surface area contributed by atoms with Crippen molar-refractivity contribution in [3.63, 3.8) is 0 Å². The summed E-state index contributed by atoms with van der Waals surface area (Å²) in [5.74, 6) is 0. The van der Waals surface area contributed by atoms with Gasteiger partial charge in [-0.15, -0.1) is 0 Å². The Balaban J connectivity index is 2.70. The van der Waals surface area contributed by atoms with E-state index in [0.717, 1.165) is 5.71 Å². The topological polar surface area (TPSA) is 90.1 Å². The van der Waals surface area contributed by atoms with Crippen LogP contribution in [-0.2, 0) is 6.42 Å². The van der Waals surface area contributed by atoms with Gasteiger partial charge in [-0.05, 0) is 6.92 Å². The van der Waals surface area contributed by atoms with Gasteiger partial charge in [-0.1, -0.05) is 0 Å². The quantitative estimate of drug-likeness (QED) is 0.498. The molecule has 0 spiro atoms. The molecule has 0 aliphatic carbocycles. The first-order valence-electron chi connectivity index (χ1n) is 3.81. The van der Waals surface area contributed by atoms with Crippen molar-refractivity contribution < 1.29 is 0 Å². The number of hydrogen-bond acceptors (Lipinski definition) is 4. The van der Waals surface area contributed by atoms with E-state index >= 15 is 0 Å². The smallest absolute Gasteiger partial charge is 0.272 e. The molecule has 6 nitrogen and oxygen atoms in total. The van der Waals surface area contributed by atoms with Gasteiger partial charge in [-0.2, -0.15) is 5.10 Å². The molecule has 1 aliphatic heterocycles. The summed E-state index contributed by atoms with van der Waals surface area (Å²) >= 11 is 0. The summed E-state index contributed by atoms with van der Waals surface area (Å²) in [5.41, 5.74) is 3.38. The molecule has 0 fully saturated rings. The Labute approximate surface area is 72.7 Å². The minimum absolute atomic E-state index is 0.245. The lowest BCUT2D eigenvalue weighted by Gasteiger charge is -2.11. The minimum Gasteiger partial charge on any atom is -0.272 e. The highest BCUT2D eigenvalue weighted by Gasteiger charge is 2.15. The van der Waals surface area contributed by atoms with Crippen LogP contribution in [0, 0.1) is 0 Å². The fraction of sp³-hybridized carbons (Fsp3) is 0.286. The largest absolute Gasteiger partial charge is 0.288 e. The van der Waals surface area contributed by atoms with Gasteiger partial charge in [0.05, 0.1) is 5.56 Å². The van der Waals surface area contributed by atoms with Gasteiger partial charge in [0.15, 0.2) is 0 Å². The number of fused-ring (bicyclic) bond motifs is 1. The second-order valence-corrected chi connectivity index (χ2v) is 2.90. The Morgan fingerprint density at radius 1 is 1.23 bits per heavy atom.